The third-order valence-electron chi connectivity index (χ3n) is 5.11. The summed E-state index contributed by atoms with van der Waals surface area (Å²) in [7, 11) is 1.97. The predicted octanol–water partition coefficient (Wildman–Crippen LogP) is 7.17. The van der Waals surface area contributed by atoms with Crippen LogP contribution in [-0.4, -0.2) is 7.05 Å². The average Bonchev–Trinajstić information content (AvgIpc) is 2.73. The zero-order valence-electron chi connectivity index (χ0n) is 15.8. The van der Waals surface area contributed by atoms with Crippen LogP contribution in [0.25, 0.3) is 39.1 Å². The molecule has 0 amide bonds. The van der Waals surface area contributed by atoms with E-state index < -0.39 is 0 Å². The Hall–Kier alpha value is -3.32. The van der Waals surface area contributed by atoms with Gasteiger partial charge in [0.05, 0.1) is 0 Å². The first-order valence-corrected chi connectivity index (χ1v) is 9.25. The number of nitrogens with one attached hydrogen (secondary N) is 1. The smallest absolute Gasteiger partial charge is 0.0417 e. The minimum Gasteiger partial charge on any atom is -0.388 e. The lowest BCUT2D eigenvalue weighted by Gasteiger charge is -2.20. The molecule has 0 saturated heterocycles. The van der Waals surface area contributed by atoms with Crippen LogP contribution in [0.1, 0.15) is 11.1 Å². The highest BCUT2D eigenvalue weighted by Crippen LogP contribution is 2.43. The van der Waals surface area contributed by atoms with E-state index in [0.717, 1.165) is 11.3 Å². The Morgan fingerprint density at radius 1 is 0.815 bits per heavy atom. The van der Waals surface area contributed by atoms with Crippen LogP contribution in [0.15, 0.2) is 85.4 Å². The molecule has 4 aromatic rings. The van der Waals surface area contributed by atoms with Crippen molar-refractivity contribution in [1.29, 1.82) is 0 Å². The van der Waals surface area contributed by atoms with E-state index in [4.69, 9.17) is 0 Å². The summed E-state index contributed by atoms with van der Waals surface area (Å²) in [5.74, 6) is 0. The second-order valence-electron chi connectivity index (χ2n) is 6.80. The molecule has 27 heavy (non-hydrogen) atoms. The van der Waals surface area contributed by atoms with Gasteiger partial charge in [0.1, 0.15) is 0 Å². The second kappa shape index (κ2) is 7.13. The van der Waals surface area contributed by atoms with E-state index in [1.54, 1.807) is 0 Å². The van der Waals surface area contributed by atoms with Crippen molar-refractivity contribution in [2.75, 3.05) is 12.4 Å². The third-order valence-corrected chi connectivity index (χ3v) is 5.11. The van der Waals surface area contributed by atoms with Gasteiger partial charge in [0, 0.05) is 18.3 Å². The molecule has 1 heteroatoms. The molecule has 1 nitrogen and oxygen atoms in total. The Kier molecular flexibility index (Phi) is 4.52. The monoisotopic (exact) mass is 349 g/mol. The fourth-order valence-electron chi connectivity index (χ4n) is 3.76. The van der Waals surface area contributed by atoms with Crippen LogP contribution >= 0.6 is 0 Å². The van der Waals surface area contributed by atoms with Gasteiger partial charge in [-0.15, -0.1) is 0 Å². The quantitative estimate of drug-likeness (QED) is 0.412. The Labute approximate surface area is 161 Å². The molecule has 0 aliphatic rings. The summed E-state index contributed by atoms with van der Waals surface area (Å²) in [6.45, 7) is 6.23. The SMILES string of the molecule is C=Cc1cc2ccccc2c(-c2ccc(C)cc2)c1-c1ccccc1NC. The first-order valence-electron chi connectivity index (χ1n) is 9.25. The highest BCUT2D eigenvalue weighted by Gasteiger charge is 2.17. The number of hydrogen-bond donors (Lipinski definition) is 1. The number of hydrogen-bond acceptors (Lipinski definition) is 1. The van der Waals surface area contributed by atoms with Gasteiger partial charge in [-0.3, -0.25) is 0 Å². The van der Waals surface area contributed by atoms with Gasteiger partial charge in [-0.2, -0.15) is 0 Å². The van der Waals surface area contributed by atoms with Crippen molar-refractivity contribution >= 4 is 22.5 Å². The van der Waals surface area contributed by atoms with Crippen LogP contribution in [0.4, 0.5) is 5.69 Å². The van der Waals surface area contributed by atoms with E-state index in [1.165, 1.54) is 38.6 Å². The summed E-state index contributed by atoms with van der Waals surface area (Å²) in [4.78, 5) is 0. The van der Waals surface area contributed by atoms with Crippen LogP contribution in [0.2, 0.25) is 0 Å². The van der Waals surface area contributed by atoms with Gasteiger partial charge < -0.3 is 5.32 Å². The normalized spacial score (nSPS) is 10.7. The molecular formula is C26H23N. The molecule has 0 fully saturated rings. The molecule has 0 heterocycles. The molecule has 0 bridgehead atoms. The molecule has 0 radical (unpaired) electrons. The van der Waals surface area contributed by atoms with Crippen LogP contribution in [0.5, 0.6) is 0 Å². The van der Waals surface area contributed by atoms with Crippen molar-refractivity contribution in [2.45, 2.75) is 6.92 Å². The molecule has 0 unspecified atom stereocenters. The van der Waals surface area contributed by atoms with Gasteiger partial charge in [-0.1, -0.05) is 84.9 Å². The predicted molar refractivity (Wildman–Crippen MR) is 119 cm³/mol. The van der Waals surface area contributed by atoms with Gasteiger partial charge in [-0.25, -0.2) is 0 Å². The standard InChI is InChI=1S/C26H23N/c1-4-19-17-21-9-5-6-10-22(21)26(20-15-13-18(2)14-16-20)25(19)23-11-7-8-12-24(23)27-3/h4-17,27H,1H2,2-3H3. The van der Waals surface area contributed by atoms with E-state index in [9.17, 15) is 0 Å². The summed E-state index contributed by atoms with van der Waals surface area (Å²) in [6, 6.07) is 28.1. The summed E-state index contributed by atoms with van der Waals surface area (Å²) in [5.41, 5.74) is 8.41. The van der Waals surface area contributed by atoms with E-state index in [0.29, 0.717) is 0 Å². The van der Waals surface area contributed by atoms with Gasteiger partial charge in [0.25, 0.3) is 0 Å². The topological polar surface area (TPSA) is 12.0 Å². The highest BCUT2D eigenvalue weighted by atomic mass is 14.8. The highest BCUT2D eigenvalue weighted by molar-refractivity contribution is 6.08. The van der Waals surface area contributed by atoms with Crippen LogP contribution in [-0.2, 0) is 0 Å². The van der Waals surface area contributed by atoms with Gasteiger partial charge in [0.15, 0.2) is 0 Å². The van der Waals surface area contributed by atoms with Crippen LogP contribution < -0.4 is 5.32 Å². The molecule has 0 saturated carbocycles. The van der Waals surface area contributed by atoms with E-state index in [2.05, 4.69) is 97.7 Å². The maximum atomic E-state index is 4.11. The number of benzene rings is 4. The zero-order chi connectivity index (χ0) is 18.8. The third kappa shape index (κ3) is 3.02. The fourth-order valence-corrected chi connectivity index (χ4v) is 3.76. The zero-order valence-corrected chi connectivity index (χ0v) is 15.8. The Bertz CT molecular complexity index is 1120. The van der Waals surface area contributed by atoms with Crippen molar-refractivity contribution in [2.24, 2.45) is 0 Å². The number of fused-ring (bicyclic) bond motifs is 1. The Morgan fingerprint density at radius 2 is 1.52 bits per heavy atom. The second-order valence-corrected chi connectivity index (χ2v) is 6.80. The molecule has 0 spiro atoms. The summed E-state index contributed by atoms with van der Waals surface area (Å²) >= 11 is 0. The lowest BCUT2D eigenvalue weighted by Crippen LogP contribution is -1.96. The van der Waals surface area contributed by atoms with E-state index >= 15 is 0 Å². The van der Waals surface area contributed by atoms with Crippen molar-refractivity contribution in [3.05, 3.63) is 96.6 Å². The summed E-state index contributed by atoms with van der Waals surface area (Å²) < 4.78 is 0. The molecule has 0 aliphatic carbocycles. The molecule has 1 N–H and O–H groups in total. The lowest BCUT2D eigenvalue weighted by molar-refractivity contribution is 1.47. The molecular weight excluding hydrogens is 326 g/mol. The van der Waals surface area contributed by atoms with Gasteiger partial charge >= 0.3 is 0 Å². The minimum absolute atomic E-state index is 1.12. The van der Waals surface area contributed by atoms with Crippen molar-refractivity contribution in [1.82, 2.24) is 0 Å². The first-order chi connectivity index (χ1) is 13.2. The Balaban J connectivity index is 2.18. The molecule has 132 valence electrons. The summed E-state index contributed by atoms with van der Waals surface area (Å²) in [6.07, 6.45) is 1.96. The lowest BCUT2D eigenvalue weighted by atomic mass is 9.85. The average molecular weight is 349 g/mol. The molecule has 0 atom stereocenters. The molecule has 0 aromatic heterocycles. The maximum absolute atomic E-state index is 4.11. The molecule has 4 aromatic carbocycles. The van der Waals surface area contributed by atoms with Crippen molar-refractivity contribution < 1.29 is 0 Å². The number of rotatable bonds is 4. The number of para-hydroxylation sites is 1. The summed E-state index contributed by atoms with van der Waals surface area (Å²) in [5, 5.41) is 5.83. The first kappa shape index (κ1) is 17.1. The molecule has 4 rings (SSSR count). The van der Waals surface area contributed by atoms with Gasteiger partial charge in [-0.05, 0) is 52.1 Å². The van der Waals surface area contributed by atoms with E-state index in [1.807, 2.05) is 13.1 Å². The minimum atomic E-state index is 1.12. The fraction of sp³-hybridized carbons (Fsp3) is 0.0769. The number of aryl methyl sites for hydroxylation is 1. The van der Waals surface area contributed by atoms with Crippen molar-refractivity contribution in [3.63, 3.8) is 0 Å². The van der Waals surface area contributed by atoms with E-state index in [-0.39, 0.29) is 0 Å². The molecule has 0 aliphatic heterocycles. The number of anilines is 1. The Morgan fingerprint density at radius 3 is 2.26 bits per heavy atom. The maximum Gasteiger partial charge on any atom is 0.0417 e. The van der Waals surface area contributed by atoms with Gasteiger partial charge in [0.2, 0.25) is 0 Å². The van der Waals surface area contributed by atoms with Crippen LogP contribution in [0, 0.1) is 6.92 Å². The van der Waals surface area contributed by atoms with Crippen LogP contribution in [0.3, 0.4) is 0 Å². The van der Waals surface area contributed by atoms with Crippen molar-refractivity contribution in [3.8, 4) is 22.3 Å². The largest absolute Gasteiger partial charge is 0.388 e.